The summed E-state index contributed by atoms with van der Waals surface area (Å²) in [4.78, 5) is 0.262. The summed E-state index contributed by atoms with van der Waals surface area (Å²) in [5, 5.41) is 4.52. The zero-order valence-corrected chi connectivity index (χ0v) is 19.5. The Bertz CT molecular complexity index is 1100. The fourth-order valence-electron chi connectivity index (χ4n) is 3.23. The lowest BCUT2D eigenvalue weighted by Gasteiger charge is -2.11. The first kappa shape index (κ1) is 21.6. The molecule has 5 nitrogen and oxygen atoms in total. The zero-order valence-electron chi connectivity index (χ0n) is 17.1. The van der Waals surface area contributed by atoms with Gasteiger partial charge < -0.3 is 0 Å². The maximum Gasteiger partial charge on any atom is 0.261 e. The summed E-state index contributed by atoms with van der Waals surface area (Å²) in [7, 11) is -3.64. The Labute approximate surface area is 181 Å². The van der Waals surface area contributed by atoms with Crippen LogP contribution in [-0.4, -0.2) is 18.2 Å². The molecule has 0 saturated heterocycles. The number of halogens is 1. The van der Waals surface area contributed by atoms with E-state index in [2.05, 4.69) is 39.6 Å². The minimum Gasteiger partial charge on any atom is -0.280 e. The molecule has 0 radical (unpaired) electrons. The van der Waals surface area contributed by atoms with Crippen LogP contribution < -0.4 is 4.72 Å². The summed E-state index contributed by atoms with van der Waals surface area (Å²) >= 11 is 3.54. The van der Waals surface area contributed by atoms with Gasteiger partial charge in [-0.2, -0.15) is 5.10 Å². The number of sulfonamides is 1. The van der Waals surface area contributed by atoms with Crippen molar-refractivity contribution in [2.75, 3.05) is 4.72 Å². The first-order valence-electron chi connectivity index (χ1n) is 9.56. The van der Waals surface area contributed by atoms with Crippen LogP contribution in [0.15, 0.2) is 57.9 Å². The standard InChI is InChI=1S/C22H26BrN3O2S/c1-15(2)12-18-8-10-21(11-9-18)29(27,28)25-20-7-5-6-19(13-20)14-26-17(4)22(23)16(3)24-26/h5-11,13,15,25H,12,14H2,1-4H3. The molecule has 1 aromatic heterocycles. The van der Waals surface area contributed by atoms with Crippen LogP contribution in [0.1, 0.15) is 36.4 Å². The Morgan fingerprint density at radius 2 is 1.76 bits per heavy atom. The Kier molecular flexibility index (Phi) is 6.49. The average Bonchev–Trinajstić information content (AvgIpc) is 2.88. The lowest BCUT2D eigenvalue weighted by molar-refractivity contribution is 0.601. The third-order valence-corrected chi connectivity index (χ3v) is 7.23. The van der Waals surface area contributed by atoms with Crippen molar-refractivity contribution in [3.05, 3.63) is 75.5 Å². The van der Waals surface area contributed by atoms with Crippen molar-refractivity contribution in [2.24, 2.45) is 5.92 Å². The predicted octanol–water partition coefficient (Wildman–Crippen LogP) is 5.31. The molecule has 29 heavy (non-hydrogen) atoms. The van der Waals surface area contributed by atoms with Gasteiger partial charge in [0, 0.05) is 5.69 Å². The van der Waals surface area contributed by atoms with Gasteiger partial charge in [0.25, 0.3) is 10.0 Å². The summed E-state index contributed by atoms with van der Waals surface area (Å²) in [5.74, 6) is 0.529. The van der Waals surface area contributed by atoms with E-state index in [9.17, 15) is 8.42 Å². The van der Waals surface area contributed by atoms with Gasteiger partial charge in [0.15, 0.2) is 0 Å². The molecule has 7 heteroatoms. The minimum absolute atomic E-state index is 0.262. The van der Waals surface area contributed by atoms with E-state index in [1.807, 2.05) is 48.9 Å². The van der Waals surface area contributed by atoms with E-state index in [0.29, 0.717) is 18.2 Å². The van der Waals surface area contributed by atoms with Crippen molar-refractivity contribution in [3.8, 4) is 0 Å². The number of nitrogens with one attached hydrogen (secondary N) is 1. The Balaban J connectivity index is 1.77. The number of rotatable bonds is 7. The summed E-state index contributed by atoms with van der Waals surface area (Å²) < 4.78 is 31.1. The molecule has 0 unspecified atom stereocenters. The molecular weight excluding hydrogens is 450 g/mol. The van der Waals surface area contributed by atoms with Crippen LogP contribution in [-0.2, 0) is 23.0 Å². The van der Waals surface area contributed by atoms with Crippen LogP contribution in [0.3, 0.4) is 0 Å². The lowest BCUT2D eigenvalue weighted by Crippen LogP contribution is -2.13. The maximum atomic E-state index is 12.8. The molecule has 154 valence electrons. The molecule has 2 aromatic carbocycles. The summed E-state index contributed by atoms with van der Waals surface area (Å²) in [6.45, 7) is 8.80. The summed E-state index contributed by atoms with van der Waals surface area (Å²) in [5.41, 5.74) is 4.61. The number of nitrogens with zero attached hydrogens (tertiary/aromatic N) is 2. The van der Waals surface area contributed by atoms with Gasteiger partial charge >= 0.3 is 0 Å². The second kappa shape index (κ2) is 8.71. The molecule has 1 N–H and O–H groups in total. The van der Waals surface area contributed by atoms with Gasteiger partial charge in [-0.1, -0.05) is 38.1 Å². The molecule has 3 aromatic rings. The monoisotopic (exact) mass is 475 g/mol. The normalized spacial score (nSPS) is 11.8. The predicted molar refractivity (Wildman–Crippen MR) is 121 cm³/mol. The van der Waals surface area contributed by atoms with Gasteiger partial charge in [-0.25, -0.2) is 8.42 Å². The molecule has 0 saturated carbocycles. The third kappa shape index (κ3) is 5.28. The van der Waals surface area contributed by atoms with E-state index in [1.165, 1.54) is 0 Å². The van der Waals surface area contributed by atoms with Crippen LogP contribution in [0.2, 0.25) is 0 Å². The molecule has 0 amide bonds. The topological polar surface area (TPSA) is 64.0 Å². The van der Waals surface area contributed by atoms with Crippen LogP contribution in [0, 0.1) is 19.8 Å². The fraction of sp³-hybridized carbons (Fsp3) is 0.318. The molecule has 0 fully saturated rings. The van der Waals surface area contributed by atoms with Crippen molar-refractivity contribution in [1.82, 2.24) is 9.78 Å². The largest absolute Gasteiger partial charge is 0.280 e. The van der Waals surface area contributed by atoms with E-state index < -0.39 is 10.0 Å². The number of hydrogen-bond donors (Lipinski definition) is 1. The van der Waals surface area contributed by atoms with E-state index in [0.717, 1.165) is 33.4 Å². The van der Waals surface area contributed by atoms with Gasteiger partial charge in [0.1, 0.15) is 0 Å². The van der Waals surface area contributed by atoms with Crippen molar-refractivity contribution in [1.29, 1.82) is 0 Å². The number of aromatic nitrogens is 2. The first-order chi connectivity index (χ1) is 13.7. The molecule has 0 aliphatic carbocycles. The van der Waals surface area contributed by atoms with Gasteiger partial charge in [-0.05, 0) is 77.5 Å². The molecule has 0 atom stereocenters. The average molecular weight is 476 g/mol. The van der Waals surface area contributed by atoms with Crippen molar-refractivity contribution in [3.63, 3.8) is 0 Å². The molecule has 0 aliphatic rings. The van der Waals surface area contributed by atoms with Crippen LogP contribution in [0.5, 0.6) is 0 Å². The van der Waals surface area contributed by atoms with Gasteiger partial charge in [-0.15, -0.1) is 0 Å². The highest BCUT2D eigenvalue weighted by Gasteiger charge is 2.15. The van der Waals surface area contributed by atoms with Crippen LogP contribution in [0.25, 0.3) is 0 Å². The second-order valence-corrected chi connectivity index (χ2v) is 10.2. The van der Waals surface area contributed by atoms with E-state index in [-0.39, 0.29) is 4.90 Å². The molecule has 3 rings (SSSR count). The molecule has 0 aliphatic heterocycles. The molecule has 0 bridgehead atoms. The summed E-state index contributed by atoms with van der Waals surface area (Å²) in [6, 6.07) is 14.5. The van der Waals surface area contributed by atoms with Crippen LogP contribution >= 0.6 is 15.9 Å². The van der Waals surface area contributed by atoms with Gasteiger partial charge in [0.05, 0.1) is 27.3 Å². The molecular formula is C22H26BrN3O2S. The molecule has 1 heterocycles. The number of anilines is 1. The van der Waals surface area contributed by atoms with Gasteiger partial charge in [-0.3, -0.25) is 9.40 Å². The first-order valence-corrected chi connectivity index (χ1v) is 11.8. The minimum atomic E-state index is -3.64. The van der Waals surface area contributed by atoms with Crippen molar-refractivity contribution >= 4 is 31.6 Å². The Morgan fingerprint density at radius 3 is 2.34 bits per heavy atom. The highest BCUT2D eigenvalue weighted by molar-refractivity contribution is 9.10. The third-order valence-electron chi connectivity index (χ3n) is 4.68. The van der Waals surface area contributed by atoms with Crippen molar-refractivity contribution in [2.45, 2.75) is 45.6 Å². The zero-order chi connectivity index (χ0) is 21.2. The molecule has 0 spiro atoms. The smallest absolute Gasteiger partial charge is 0.261 e. The van der Waals surface area contributed by atoms with E-state index >= 15 is 0 Å². The van der Waals surface area contributed by atoms with Gasteiger partial charge in [0.2, 0.25) is 0 Å². The number of benzene rings is 2. The highest BCUT2D eigenvalue weighted by Crippen LogP contribution is 2.22. The lowest BCUT2D eigenvalue weighted by atomic mass is 10.0. The fourth-order valence-corrected chi connectivity index (χ4v) is 4.56. The maximum absolute atomic E-state index is 12.8. The number of hydrogen-bond acceptors (Lipinski definition) is 3. The number of aryl methyl sites for hydroxylation is 1. The Hall–Kier alpha value is -2.12. The van der Waals surface area contributed by atoms with Crippen LogP contribution in [0.4, 0.5) is 5.69 Å². The Morgan fingerprint density at radius 1 is 1.07 bits per heavy atom. The SMILES string of the molecule is Cc1nn(Cc2cccc(NS(=O)(=O)c3ccc(CC(C)C)cc3)c2)c(C)c1Br. The summed E-state index contributed by atoms with van der Waals surface area (Å²) in [6.07, 6.45) is 0.929. The van der Waals surface area contributed by atoms with Crippen molar-refractivity contribution < 1.29 is 8.42 Å². The highest BCUT2D eigenvalue weighted by atomic mass is 79.9. The second-order valence-electron chi connectivity index (χ2n) is 7.69. The quantitative estimate of drug-likeness (QED) is 0.503. The van der Waals surface area contributed by atoms with E-state index in [1.54, 1.807) is 18.2 Å². The van der Waals surface area contributed by atoms with E-state index in [4.69, 9.17) is 0 Å².